The van der Waals surface area contributed by atoms with Crippen molar-refractivity contribution < 1.29 is 4.39 Å². The van der Waals surface area contributed by atoms with Crippen LogP contribution in [0.1, 0.15) is 25.0 Å². The number of hydrogen-bond donors (Lipinski definition) is 1. The Morgan fingerprint density at radius 2 is 1.66 bits per heavy atom. The van der Waals surface area contributed by atoms with Crippen molar-refractivity contribution in [2.45, 2.75) is 26.2 Å². The van der Waals surface area contributed by atoms with Gasteiger partial charge in [-0.25, -0.2) is 4.39 Å². The summed E-state index contributed by atoms with van der Waals surface area (Å²) in [4.78, 5) is 4.57. The van der Waals surface area contributed by atoms with E-state index < -0.39 is 5.41 Å². The molecule has 0 aliphatic heterocycles. The third kappa shape index (κ3) is 3.21. The summed E-state index contributed by atoms with van der Waals surface area (Å²) >= 11 is 0. The van der Waals surface area contributed by atoms with Gasteiger partial charge in [0, 0.05) is 16.3 Å². The molecule has 5 heteroatoms. The van der Waals surface area contributed by atoms with E-state index in [4.69, 9.17) is 0 Å². The highest BCUT2D eigenvalue weighted by molar-refractivity contribution is 6.11. The van der Waals surface area contributed by atoms with Crippen LogP contribution in [0.4, 0.5) is 4.39 Å². The van der Waals surface area contributed by atoms with E-state index in [2.05, 4.69) is 33.4 Å². The lowest BCUT2D eigenvalue weighted by Gasteiger charge is -2.19. The number of rotatable bonds is 3. The Hall–Kier alpha value is -4.04. The Kier molecular flexibility index (Phi) is 4.53. The van der Waals surface area contributed by atoms with Crippen molar-refractivity contribution in [3.63, 3.8) is 0 Å². The maximum absolute atomic E-state index is 13.4. The van der Waals surface area contributed by atoms with Crippen LogP contribution >= 0.6 is 0 Å². The molecule has 156 valence electrons. The summed E-state index contributed by atoms with van der Waals surface area (Å²) in [6.07, 6.45) is 1.80. The number of H-pyrrole nitrogens is 1. The van der Waals surface area contributed by atoms with Crippen LogP contribution in [-0.4, -0.2) is 15.2 Å². The summed E-state index contributed by atoms with van der Waals surface area (Å²) in [6.45, 7) is 5.88. The summed E-state index contributed by atoms with van der Waals surface area (Å²) in [7, 11) is 0. The summed E-state index contributed by atoms with van der Waals surface area (Å²) < 4.78 is 13.4. The standard InChI is InChI=1S/C27H21FN4/c1-16-12-19(6-10-22(16)27(2,3)15-29)26-25-21-13-18(17-4-8-20(28)9-5-17)7-11-23(21)30-14-24(25)31-32-26/h4-14H,1-3H3,(H,31,32). The minimum atomic E-state index is -0.559. The van der Waals surface area contributed by atoms with Crippen molar-refractivity contribution in [1.82, 2.24) is 15.2 Å². The minimum Gasteiger partial charge on any atom is -0.276 e. The van der Waals surface area contributed by atoms with Crippen LogP contribution in [0.3, 0.4) is 0 Å². The molecule has 0 aliphatic rings. The Morgan fingerprint density at radius 3 is 2.38 bits per heavy atom. The average Bonchev–Trinajstić information content (AvgIpc) is 3.24. The molecular formula is C27H21FN4. The Balaban J connectivity index is 1.71. The molecule has 1 N–H and O–H groups in total. The second-order valence-corrected chi connectivity index (χ2v) is 8.62. The van der Waals surface area contributed by atoms with Gasteiger partial charge in [0.05, 0.1) is 28.7 Å². The zero-order valence-corrected chi connectivity index (χ0v) is 18.1. The van der Waals surface area contributed by atoms with Crippen molar-refractivity contribution >= 4 is 21.8 Å². The first-order valence-electron chi connectivity index (χ1n) is 10.4. The SMILES string of the molecule is Cc1cc(-c2n[nH]c3cnc4ccc(-c5ccc(F)cc5)cc4c23)ccc1C(C)(C)C#N. The topological polar surface area (TPSA) is 65.4 Å². The fraction of sp³-hybridized carbons (Fsp3) is 0.148. The first-order valence-corrected chi connectivity index (χ1v) is 10.4. The zero-order valence-electron chi connectivity index (χ0n) is 18.1. The van der Waals surface area contributed by atoms with Gasteiger partial charge in [-0.05, 0) is 73.4 Å². The molecule has 0 fully saturated rings. The van der Waals surface area contributed by atoms with E-state index in [9.17, 15) is 9.65 Å². The van der Waals surface area contributed by atoms with Crippen LogP contribution in [-0.2, 0) is 5.41 Å². The number of nitriles is 1. The van der Waals surface area contributed by atoms with Crippen molar-refractivity contribution in [1.29, 1.82) is 5.26 Å². The predicted molar refractivity (Wildman–Crippen MR) is 126 cm³/mol. The van der Waals surface area contributed by atoms with E-state index >= 15 is 0 Å². The van der Waals surface area contributed by atoms with Crippen molar-refractivity contribution in [3.05, 3.63) is 83.8 Å². The molecule has 0 aliphatic carbocycles. The van der Waals surface area contributed by atoms with Gasteiger partial charge in [0.2, 0.25) is 0 Å². The summed E-state index contributed by atoms with van der Waals surface area (Å²) in [5.41, 5.74) is 6.96. The second-order valence-electron chi connectivity index (χ2n) is 8.62. The Labute approximate surface area is 185 Å². The van der Waals surface area contributed by atoms with E-state index in [0.29, 0.717) is 0 Å². The molecule has 0 bridgehead atoms. The van der Waals surface area contributed by atoms with E-state index in [1.165, 1.54) is 12.1 Å². The number of halogens is 1. The molecule has 0 spiro atoms. The molecule has 0 atom stereocenters. The fourth-order valence-corrected chi connectivity index (χ4v) is 4.31. The smallest absolute Gasteiger partial charge is 0.123 e. The van der Waals surface area contributed by atoms with Gasteiger partial charge < -0.3 is 0 Å². The molecule has 0 amide bonds. The lowest BCUT2D eigenvalue weighted by Crippen LogP contribution is -2.15. The van der Waals surface area contributed by atoms with Crippen molar-refractivity contribution in [2.24, 2.45) is 0 Å². The highest BCUT2D eigenvalue weighted by atomic mass is 19.1. The third-order valence-electron chi connectivity index (χ3n) is 6.02. The number of fused-ring (bicyclic) bond motifs is 3. The molecular weight excluding hydrogens is 399 g/mol. The van der Waals surface area contributed by atoms with E-state index in [1.54, 1.807) is 18.3 Å². The molecule has 2 aromatic heterocycles. The number of nitrogens with one attached hydrogen (secondary N) is 1. The normalized spacial score (nSPS) is 11.7. The number of benzene rings is 3. The monoisotopic (exact) mass is 420 g/mol. The molecule has 4 nitrogen and oxygen atoms in total. The maximum atomic E-state index is 13.4. The quantitative estimate of drug-likeness (QED) is 0.353. The third-order valence-corrected chi connectivity index (χ3v) is 6.02. The van der Waals surface area contributed by atoms with Gasteiger partial charge in [0.25, 0.3) is 0 Å². The Bertz CT molecular complexity index is 1520. The van der Waals surface area contributed by atoms with Crippen LogP contribution in [0.25, 0.3) is 44.2 Å². The van der Waals surface area contributed by atoms with Crippen molar-refractivity contribution in [2.75, 3.05) is 0 Å². The summed E-state index contributed by atoms with van der Waals surface area (Å²) in [5.74, 6) is -0.255. The van der Waals surface area contributed by atoms with Gasteiger partial charge >= 0.3 is 0 Å². The zero-order chi connectivity index (χ0) is 22.5. The second kappa shape index (κ2) is 7.28. The van der Waals surface area contributed by atoms with Gasteiger partial charge in [-0.15, -0.1) is 0 Å². The molecule has 3 aromatic carbocycles. The number of nitrogens with zero attached hydrogens (tertiary/aromatic N) is 3. The first-order chi connectivity index (χ1) is 15.4. The molecule has 2 heterocycles. The highest BCUT2D eigenvalue weighted by Gasteiger charge is 2.22. The number of pyridine rings is 1. The van der Waals surface area contributed by atoms with E-state index in [-0.39, 0.29) is 5.82 Å². The summed E-state index contributed by atoms with van der Waals surface area (Å²) in [6, 6.07) is 21.0. The predicted octanol–water partition coefficient (Wildman–Crippen LogP) is 6.69. The number of hydrogen-bond acceptors (Lipinski definition) is 3. The van der Waals surface area contributed by atoms with Gasteiger partial charge in [-0.2, -0.15) is 10.4 Å². The average molecular weight is 420 g/mol. The number of aromatic amines is 1. The highest BCUT2D eigenvalue weighted by Crippen LogP contribution is 2.36. The molecule has 0 saturated heterocycles. The molecule has 0 unspecified atom stereocenters. The first kappa shape index (κ1) is 19.9. The van der Waals surface area contributed by atoms with Gasteiger partial charge in [0.1, 0.15) is 11.5 Å². The number of aromatic nitrogens is 3. The molecule has 0 radical (unpaired) electrons. The largest absolute Gasteiger partial charge is 0.276 e. The van der Waals surface area contributed by atoms with Crippen LogP contribution in [0.2, 0.25) is 0 Å². The maximum Gasteiger partial charge on any atom is 0.123 e. The molecule has 32 heavy (non-hydrogen) atoms. The van der Waals surface area contributed by atoms with E-state index in [0.717, 1.165) is 55.3 Å². The van der Waals surface area contributed by atoms with Crippen molar-refractivity contribution in [3.8, 4) is 28.5 Å². The van der Waals surface area contributed by atoms with E-state index in [1.807, 2.05) is 45.0 Å². The van der Waals surface area contributed by atoms with Crippen LogP contribution in [0.5, 0.6) is 0 Å². The minimum absolute atomic E-state index is 0.255. The fourth-order valence-electron chi connectivity index (χ4n) is 4.31. The Morgan fingerprint density at radius 1 is 0.938 bits per heavy atom. The van der Waals surface area contributed by atoms with Gasteiger partial charge in [-0.1, -0.05) is 30.3 Å². The van der Waals surface area contributed by atoms with Crippen LogP contribution in [0.15, 0.2) is 66.9 Å². The molecule has 5 rings (SSSR count). The number of aryl methyl sites for hydroxylation is 1. The van der Waals surface area contributed by atoms with Crippen LogP contribution < -0.4 is 0 Å². The molecule has 0 saturated carbocycles. The van der Waals surface area contributed by atoms with Gasteiger partial charge in [0.15, 0.2) is 0 Å². The van der Waals surface area contributed by atoms with Gasteiger partial charge in [-0.3, -0.25) is 10.1 Å². The molecule has 5 aromatic rings. The van der Waals surface area contributed by atoms with Crippen LogP contribution in [0, 0.1) is 24.1 Å². The lowest BCUT2D eigenvalue weighted by molar-refractivity contribution is 0.628. The lowest BCUT2D eigenvalue weighted by atomic mass is 9.82. The summed E-state index contributed by atoms with van der Waals surface area (Å²) in [5, 5.41) is 19.2.